The molecule has 92 valence electrons. The van der Waals surface area contributed by atoms with E-state index in [1.54, 1.807) is 0 Å². The number of halogens is 1. The van der Waals surface area contributed by atoms with Gasteiger partial charge in [-0.05, 0) is 38.1 Å². The second kappa shape index (κ2) is 7.67. The maximum absolute atomic E-state index is 3.62. The lowest BCUT2D eigenvalue weighted by Crippen LogP contribution is -2.36. The highest BCUT2D eigenvalue weighted by molar-refractivity contribution is 9.09. The number of alkyl halides is 1. The lowest BCUT2D eigenvalue weighted by atomic mass is 9.96. The van der Waals surface area contributed by atoms with E-state index in [2.05, 4.69) is 62.5 Å². The molecule has 0 rings (SSSR count). The van der Waals surface area contributed by atoms with Gasteiger partial charge in [-0.1, -0.05) is 43.6 Å². The molecule has 0 saturated heterocycles. The standard InChI is InChI=1S/C13H28BrN/c1-10(2)7-12(5)15(6)9-13(8-14)11(3)4/h10-13H,7-9H2,1-6H3. The molecule has 0 aromatic carbocycles. The number of rotatable bonds is 7. The first-order valence-electron chi connectivity index (χ1n) is 6.14. The third-order valence-corrected chi connectivity index (χ3v) is 4.06. The molecule has 2 atom stereocenters. The summed E-state index contributed by atoms with van der Waals surface area (Å²) in [6.45, 7) is 12.8. The molecule has 0 spiro atoms. The van der Waals surface area contributed by atoms with Gasteiger partial charge in [0.15, 0.2) is 0 Å². The van der Waals surface area contributed by atoms with Crippen molar-refractivity contribution in [3.05, 3.63) is 0 Å². The van der Waals surface area contributed by atoms with Crippen LogP contribution in [-0.2, 0) is 0 Å². The van der Waals surface area contributed by atoms with Crippen LogP contribution in [0.2, 0.25) is 0 Å². The Labute approximate surface area is 105 Å². The maximum Gasteiger partial charge on any atom is 0.00743 e. The van der Waals surface area contributed by atoms with E-state index in [1.807, 2.05) is 0 Å². The summed E-state index contributed by atoms with van der Waals surface area (Å²) in [7, 11) is 2.26. The molecule has 0 aromatic heterocycles. The Morgan fingerprint density at radius 3 is 1.93 bits per heavy atom. The highest BCUT2D eigenvalue weighted by atomic mass is 79.9. The number of nitrogens with zero attached hydrogens (tertiary/aromatic N) is 1. The van der Waals surface area contributed by atoms with Gasteiger partial charge in [-0.2, -0.15) is 0 Å². The summed E-state index contributed by atoms with van der Waals surface area (Å²) in [6, 6.07) is 0.699. The summed E-state index contributed by atoms with van der Waals surface area (Å²) in [5, 5.41) is 1.11. The highest BCUT2D eigenvalue weighted by Gasteiger charge is 2.18. The predicted molar refractivity (Wildman–Crippen MR) is 73.7 cm³/mol. The van der Waals surface area contributed by atoms with Crippen molar-refractivity contribution in [2.45, 2.75) is 47.1 Å². The smallest absolute Gasteiger partial charge is 0.00743 e. The molecule has 0 heterocycles. The third kappa shape index (κ3) is 6.57. The summed E-state index contributed by atoms with van der Waals surface area (Å²) in [5.41, 5.74) is 0. The van der Waals surface area contributed by atoms with Crippen LogP contribution in [0.3, 0.4) is 0 Å². The molecule has 0 aliphatic heterocycles. The van der Waals surface area contributed by atoms with Crippen LogP contribution in [0.5, 0.6) is 0 Å². The van der Waals surface area contributed by atoms with Crippen molar-refractivity contribution in [3.63, 3.8) is 0 Å². The minimum atomic E-state index is 0.699. The topological polar surface area (TPSA) is 3.24 Å². The maximum atomic E-state index is 3.62. The zero-order chi connectivity index (χ0) is 12.0. The van der Waals surface area contributed by atoms with Gasteiger partial charge in [0, 0.05) is 17.9 Å². The fraction of sp³-hybridized carbons (Fsp3) is 1.00. The average Bonchev–Trinajstić information content (AvgIpc) is 2.11. The van der Waals surface area contributed by atoms with Crippen LogP contribution in [0.15, 0.2) is 0 Å². The lowest BCUT2D eigenvalue weighted by Gasteiger charge is -2.31. The molecule has 0 saturated carbocycles. The monoisotopic (exact) mass is 277 g/mol. The quantitative estimate of drug-likeness (QED) is 0.636. The Kier molecular flexibility index (Phi) is 7.90. The Morgan fingerprint density at radius 1 is 1.07 bits per heavy atom. The number of hydrogen-bond donors (Lipinski definition) is 0. The second-order valence-electron chi connectivity index (χ2n) is 5.58. The van der Waals surface area contributed by atoms with Crippen molar-refractivity contribution in [1.29, 1.82) is 0 Å². The zero-order valence-electron chi connectivity index (χ0n) is 11.3. The molecule has 0 bridgehead atoms. The SMILES string of the molecule is CC(C)CC(C)N(C)CC(CBr)C(C)C. The Morgan fingerprint density at radius 2 is 1.60 bits per heavy atom. The second-order valence-corrected chi connectivity index (χ2v) is 6.22. The van der Waals surface area contributed by atoms with Crippen molar-refractivity contribution < 1.29 is 0 Å². The van der Waals surface area contributed by atoms with Gasteiger partial charge in [0.2, 0.25) is 0 Å². The molecular formula is C13H28BrN. The fourth-order valence-electron chi connectivity index (χ4n) is 1.85. The van der Waals surface area contributed by atoms with Gasteiger partial charge < -0.3 is 4.90 Å². The highest BCUT2D eigenvalue weighted by Crippen LogP contribution is 2.17. The van der Waals surface area contributed by atoms with Crippen molar-refractivity contribution in [2.24, 2.45) is 17.8 Å². The Balaban J connectivity index is 4.03. The predicted octanol–water partition coefficient (Wildman–Crippen LogP) is 4.02. The molecule has 2 unspecified atom stereocenters. The van der Waals surface area contributed by atoms with Crippen LogP contribution in [0.4, 0.5) is 0 Å². The molecule has 0 aliphatic rings. The minimum Gasteiger partial charge on any atom is -0.303 e. The van der Waals surface area contributed by atoms with Crippen LogP contribution in [0.1, 0.15) is 41.0 Å². The van der Waals surface area contributed by atoms with Crippen molar-refractivity contribution in [2.75, 3.05) is 18.9 Å². The first kappa shape index (κ1) is 15.4. The fourth-order valence-corrected chi connectivity index (χ4v) is 2.80. The molecule has 1 nitrogen and oxygen atoms in total. The number of hydrogen-bond acceptors (Lipinski definition) is 1. The van der Waals surface area contributed by atoms with Crippen LogP contribution in [0.25, 0.3) is 0 Å². The summed E-state index contributed by atoms with van der Waals surface area (Å²) < 4.78 is 0. The van der Waals surface area contributed by atoms with Gasteiger partial charge in [0.25, 0.3) is 0 Å². The first-order valence-corrected chi connectivity index (χ1v) is 7.26. The third-order valence-electron chi connectivity index (χ3n) is 3.23. The summed E-state index contributed by atoms with van der Waals surface area (Å²) in [5.74, 6) is 2.33. The van der Waals surface area contributed by atoms with Crippen LogP contribution >= 0.6 is 15.9 Å². The molecule has 15 heavy (non-hydrogen) atoms. The van der Waals surface area contributed by atoms with Gasteiger partial charge in [-0.15, -0.1) is 0 Å². The molecule has 0 aliphatic carbocycles. The van der Waals surface area contributed by atoms with E-state index in [-0.39, 0.29) is 0 Å². The van der Waals surface area contributed by atoms with E-state index in [0.717, 1.165) is 23.1 Å². The van der Waals surface area contributed by atoms with Gasteiger partial charge in [0.05, 0.1) is 0 Å². The Hall–Kier alpha value is 0.440. The average molecular weight is 278 g/mol. The van der Waals surface area contributed by atoms with Gasteiger partial charge in [-0.25, -0.2) is 0 Å². The molecule has 0 fully saturated rings. The molecule has 0 amide bonds. The molecular weight excluding hydrogens is 250 g/mol. The van der Waals surface area contributed by atoms with Gasteiger partial charge in [-0.3, -0.25) is 0 Å². The lowest BCUT2D eigenvalue weighted by molar-refractivity contribution is 0.185. The van der Waals surface area contributed by atoms with Crippen LogP contribution in [0, 0.1) is 17.8 Å². The molecule has 0 aromatic rings. The van der Waals surface area contributed by atoms with E-state index in [9.17, 15) is 0 Å². The van der Waals surface area contributed by atoms with E-state index in [4.69, 9.17) is 0 Å². The van der Waals surface area contributed by atoms with Gasteiger partial charge >= 0.3 is 0 Å². The first-order chi connectivity index (χ1) is 6.88. The summed E-state index contributed by atoms with van der Waals surface area (Å²) >= 11 is 3.62. The van der Waals surface area contributed by atoms with Crippen molar-refractivity contribution >= 4 is 15.9 Å². The zero-order valence-corrected chi connectivity index (χ0v) is 12.8. The van der Waals surface area contributed by atoms with E-state index in [1.165, 1.54) is 13.0 Å². The van der Waals surface area contributed by atoms with Gasteiger partial charge in [0.1, 0.15) is 0 Å². The van der Waals surface area contributed by atoms with Crippen molar-refractivity contribution in [3.8, 4) is 0 Å². The van der Waals surface area contributed by atoms with E-state index >= 15 is 0 Å². The molecule has 0 radical (unpaired) electrons. The molecule has 2 heteroatoms. The minimum absolute atomic E-state index is 0.699. The largest absolute Gasteiger partial charge is 0.303 e. The normalized spacial score (nSPS) is 16.4. The summed E-state index contributed by atoms with van der Waals surface area (Å²) in [6.07, 6.45) is 1.30. The Bertz CT molecular complexity index is 157. The summed E-state index contributed by atoms with van der Waals surface area (Å²) in [4.78, 5) is 2.51. The van der Waals surface area contributed by atoms with Crippen molar-refractivity contribution in [1.82, 2.24) is 4.90 Å². The molecule has 0 N–H and O–H groups in total. The van der Waals surface area contributed by atoms with E-state index < -0.39 is 0 Å². The van der Waals surface area contributed by atoms with Crippen LogP contribution in [-0.4, -0.2) is 29.9 Å². The van der Waals surface area contributed by atoms with E-state index in [0.29, 0.717) is 6.04 Å². The van der Waals surface area contributed by atoms with Crippen LogP contribution < -0.4 is 0 Å².